The maximum atomic E-state index is 12.3. The van der Waals surface area contributed by atoms with E-state index in [0.29, 0.717) is 21.8 Å². The summed E-state index contributed by atoms with van der Waals surface area (Å²) in [4.78, 5) is 37.9. The molecule has 3 rings (SSSR count). The fraction of sp³-hybridized carbons (Fsp3) is 0.211. The molecule has 0 spiro atoms. The molecule has 0 saturated carbocycles. The Bertz CT molecular complexity index is 834. The molecule has 6 heteroatoms. The molecule has 0 radical (unpaired) electrons. The summed E-state index contributed by atoms with van der Waals surface area (Å²) in [6.45, 7) is 3.81. The first-order chi connectivity index (χ1) is 11.9. The van der Waals surface area contributed by atoms with Crippen LogP contribution < -0.4 is 5.32 Å². The fourth-order valence-electron chi connectivity index (χ4n) is 2.93. The summed E-state index contributed by atoms with van der Waals surface area (Å²) in [6, 6.07) is 10.3. The predicted octanol–water partition coefficient (Wildman–Crippen LogP) is 3.58. The molecule has 2 aromatic rings. The second kappa shape index (κ2) is 6.69. The Balaban J connectivity index is 1.66. The van der Waals surface area contributed by atoms with E-state index in [1.54, 1.807) is 30.3 Å². The monoisotopic (exact) mass is 356 g/mol. The number of halogens is 1. The molecular weight excluding hydrogens is 340 g/mol. The number of hydrogen-bond donors (Lipinski definition) is 1. The molecule has 3 amide bonds. The minimum absolute atomic E-state index is 0.00904. The molecule has 5 nitrogen and oxygen atoms in total. The van der Waals surface area contributed by atoms with E-state index in [4.69, 9.17) is 11.6 Å². The fourth-order valence-corrected chi connectivity index (χ4v) is 3.30. The highest BCUT2D eigenvalue weighted by molar-refractivity contribution is 6.34. The normalized spacial score (nSPS) is 13.2. The zero-order valence-electron chi connectivity index (χ0n) is 13.9. The number of nitrogens with zero attached hydrogens (tertiary/aromatic N) is 1. The van der Waals surface area contributed by atoms with Crippen molar-refractivity contribution in [3.8, 4) is 0 Å². The molecule has 1 aliphatic rings. The van der Waals surface area contributed by atoms with Crippen LogP contribution in [0, 0.1) is 13.8 Å². The predicted molar refractivity (Wildman–Crippen MR) is 96.0 cm³/mol. The SMILES string of the molecule is Cc1cc(C)c(NC(=O)CCN2C(=O)c3ccccc3C2=O)c(Cl)c1. The summed E-state index contributed by atoms with van der Waals surface area (Å²) < 4.78 is 0. The largest absolute Gasteiger partial charge is 0.324 e. The van der Waals surface area contributed by atoms with Crippen molar-refractivity contribution in [2.24, 2.45) is 0 Å². The Hall–Kier alpha value is -2.66. The molecule has 1 heterocycles. The third-order valence-corrected chi connectivity index (χ3v) is 4.43. The van der Waals surface area contributed by atoms with Gasteiger partial charge in [-0.1, -0.05) is 29.8 Å². The maximum Gasteiger partial charge on any atom is 0.261 e. The van der Waals surface area contributed by atoms with Gasteiger partial charge in [0.1, 0.15) is 0 Å². The lowest BCUT2D eigenvalue weighted by molar-refractivity contribution is -0.116. The minimum Gasteiger partial charge on any atom is -0.324 e. The van der Waals surface area contributed by atoms with Crippen molar-refractivity contribution in [3.63, 3.8) is 0 Å². The molecule has 0 saturated heterocycles. The van der Waals surface area contributed by atoms with Crippen molar-refractivity contribution >= 4 is 35.0 Å². The van der Waals surface area contributed by atoms with E-state index in [-0.39, 0.29) is 30.7 Å². The summed E-state index contributed by atoms with van der Waals surface area (Å²) in [7, 11) is 0. The van der Waals surface area contributed by atoms with Gasteiger partial charge in [0.2, 0.25) is 5.91 Å². The number of carbonyl (C=O) groups excluding carboxylic acids is 3. The quantitative estimate of drug-likeness (QED) is 0.851. The van der Waals surface area contributed by atoms with Crippen molar-refractivity contribution in [3.05, 3.63) is 63.7 Å². The van der Waals surface area contributed by atoms with Crippen molar-refractivity contribution in [1.82, 2.24) is 4.90 Å². The van der Waals surface area contributed by atoms with Gasteiger partial charge in [0.05, 0.1) is 21.8 Å². The second-order valence-electron chi connectivity index (χ2n) is 6.04. The molecule has 0 unspecified atom stereocenters. The first kappa shape index (κ1) is 17.2. The number of imide groups is 1. The summed E-state index contributed by atoms with van der Waals surface area (Å²) in [5.74, 6) is -1.03. The third-order valence-electron chi connectivity index (χ3n) is 4.14. The van der Waals surface area contributed by atoms with Gasteiger partial charge in [0.15, 0.2) is 0 Å². The standard InChI is InChI=1S/C19H17ClN2O3/c1-11-9-12(2)17(15(20)10-11)21-16(23)7-8-22-18(24)13-5-3-4-6-14(13)19(22)25/h3-6,9-10H,7-8H2,1-2H3,(H,21,23). The van der Waals surface area contributed by atoms with Gasteiger partial charge in [-0.05, 0) is 43.2 Å². The highest BCUT2D eigenvalue weighted by Gasteiger charge is 2.34. The zero-order valence-corrected chi connectivity index (χ0v) is 14.7. The lowest BCUT2D eigenvalue weighted by atomic mass is 10.1. The molecule has 25 heavy (non-hydrogen) atoms. The number of benzene rings is 2. The van der Waals surface area contributed by atoms with E-state index in [1.165, 1.54) is 0 Å². The van der Waals surface area contributed by atoms with E-state index in [2.05, 4.69) is 5.32 Å². The van der Waals surface area contributed by atoms with Gasteiger partial charge in [-0.15, -0.1) is 0 Å². The summed E-state index contributed by atoms with van der Waals surface area (Å²) in [6.07, 6.45) is 0.00904. The molecule has 1 N–H and O–H groups in total. The highest BCUT2D eigenvalue weighted by atomic mass is 35.5. The van der Waals surface area contributed by atoms with Gasteiger partial charge >= 0.3 is 0 Å². The molecule has 0 aromatic heterocycles. The molecule has 0 fully saturated rings. The second-order valence-corrected chi connectivity index (χ2v) is 6.45. The first-order valence-electron chi connectivity index (χ1n) is 7.90. The van der Waals surface area contributed by atoms with Crippen molar-refractivity contribution in [2.75, 3.05) is 11.9 Å². The Kier molecular flexibility index (Phi) is 4.59. The van der Waals surface area contributed by atoms with Crippen LogP contribution in [0.5, 0.6) is 0 Å². The van der Waals surface area contributed by atoms with E-state index < -0.39 is 0 Å². The van der Waals surface area contributed by atoms with Crippen LogP contribution in [0.25, 0.3) is 0 Å². The number of carbonyl (C=O) groups is 3. The molecule has 0 aliphatic carbocycles. The lowest BCUT2D eigenvalue weighted by Gasteiger charge is -2.15. The van der Waals surface area contributed by atoms with Gasteiger partial charge in [-0.2, -0.15) is 0 Å². The number of rotatable bonds is 4. The van der Waals surface area contributed by atoms with E-state index >= 15 is 0 Å². The van der Waals surface area contributed by atoms with Gasteiger partial charge in [0.25, 0.3) is 11.8 Å². The summed E-state index contributed by atoms with van der Waals surface area (Å²) in [5, 5.41) is 3.22. The number of fused-ring (bicyclic) bond motifs is 1. The van der Waals surface area contributed by atoms with Crippen LogP contribution in [0.4, 0.5) is 5.69 Å². The number of hydrogen-bond acceptors (Lipinski definition) is 3. The Morgan fingerprint density at radius 1 is 1.08 bits per heavy atom. The molecule has 0 atom stereocenters. The topological polar surface area (TPSA) is 66.5 Å². The van der Waals surface area contributed by atoms with Crippen LogP contribution in [0.15, 0.2) is 36.4 Å². The van der Waals surface area contributed by atoms with Crippen LogP contribution in [-0.4, -0.2) is 29.2 Å². The summed E-state index contributed by atoms with van der Waals surface area (Å²) >= 11 is 6.18. The zero-order chi connectivity index (χ0) is 18.1. The van der Waals surface area contributed by atoms with Gasteiger partial charge in [0, 0.05) is 13.0 Å². The van der Waals surface area contributed by atoms with Gasteiger partial charge in [-0.25, -0.2) is 0 Å². The molecular formula is C19H17ClN2O3. The number of amides is 3. The van der Waals surface area contributed by atoms with E-state index in [0.717, 1.165) is 16.0 Å². The van der Waals surface area contributed by atoms with Crippen molar-refractivity contribution in [2.45, 2.75) is 20.3 Å². The average Bonchev–Trinajstić information content (AvgIpc) is 2.81. The van der Waals surface area contributed by atoms with Crippen LogP contribution in [-0.2, 0) is 4.79 Å². The molecule has 2 aromatic carbocycles. The number of anilines is 1. The number of aryl methyl sites for hydroxylation is 2. The molecule has 0 bridgehead atoms. The molecule has 1 aliphatic heterocycles. The van der Waals surface area contributed by atoms with Gasteiger partial charge < -0.3 is 5.32 Å². The maximum absolute atomic E-state index is 12.3. The van der Waals surface area contributed by atoms with Crippen LogP contribution in [0.2, 0.25) is 5.02 Å². The minimum atomic E-state index is -0.363. The third kappa shape index (κ3) is 3.28. The molecule has 128 valence electrons. The Morgan fingerprint density at radius 3 is 2.24 bits per heavy atom. The van der Waals surface area contributed by atoms with Crippen LogP contribution in [0.3, 0.4) is 0 Å². The number of nitrogens with one attached hydrogen (secondary N) is 1. The smallest absolute Gasteiger partial charge is 0.261 e. The van der Waals surface area contributed by atoms with Gasteiger partial charge in [-0.3, -0.25) is 19.3 Å². The summed E-state index contributed by atoms with van der Waals surface area (Å²) in [5.41, 5.74) is 3.18. The Morgan fingerprint density at radius 2 is 1.68 bits per heavy atom. The van der Waals surface area contributed by atoms with Crippen LogP contribution >= 0.6 is 11.6 Å². The van der Waals surface area contributed by atoms with E-state index in [9.17, 15) is 14.4 Å². The highest BCUT2D eigenvalue weighted by Crippen LogP contribution is 2.27. The van der Waals surface area contributed by atoms with Crippen LogP contribution in [0.1, 0.15) is 38.3 Å². The lowest BCUT2D eigenvalue weighted by Crippen LogP contribution is -2.33. The average molecular weight is 357 g/mol. The van der Waals surface area contributed by atoms with E-state index in [1.807, 2.05) is 19.9 Å². The van der Waals surface area contributed by atoms with Crippen molar-refractivity contribution in [1.29, 1.82) is 0 Å². The Labute approximate surface area is 150 Å². The first-order valence-corrected chi connectivity index (χ1v) is 8.28. The van der Waals surface area contributed by atoms with Crippen molar-refractivity contribution < 1.29 is 14.4 Å².